The zero-order valence-corrected chi connectivity index (χ0v) is 19.5. The van der Waals surface area contributed by atoms with Gasteiger partial charge >= 0.3 is 0 Å². The summed E-state index contributed by atoms with van der Waals surface area (Å²) < 4.78 is 7.11. The third kappa shape index (κ3) is 5.88. The maximum absolute atomic E-state index is 12.5. The molecular formula is C23H27N5O3S. The first-order chi connectivity index (χ1) is 15.4. The van der Waals surface area contributed by atoms with E-state index in [-0.39, 0.29) is 24.0 Å². The average molecular weight is 454 g/mol. The number of aryl methyl sites for hydroxylation is 2. The lowest BCUT2D eigenvalue weighted by atomic mass is 10.1. The van der Waals surface area contributed by atoms with E-state index in [0.29, 0.717) is 29.0 Å². The fourth-order valence-electron chi connectivity index (χ4n) is 3.23. The predicted octanol–water partition coefficient (Wildman–Crippen LogP) is 3.84. The molecule has 2 N–H and O–H groups in total. The van der Waals surface area contributed by atoms with E-state index in [1.165, 1.54) is 11.8 Å². The Morgan fingerprint density at radius 2 is 1.78 bits per heavy atom. The fraction of sp³-hybridized carbons (Fsp3) is 0.304. The summed E-state index contributed by atoms with van der Waals surface area (Å²) >= 11 is 1.29. The molecule has 0 spiro atoms. The van der Waals surface area contributed by atoms with Crippen LogP contribution < -0.4 is 15.4 Å². The Hall–Kier alpha value is -3.33. The summed E-state index contributed by atoms with van der Waals surface area (Å²) in [6.07, 6.45) is 0.0637. The molecule has 0 saturated heterocycles. The number of carbonyl (C=O) groups excluding carboxylic acids is 2. The molecule has 8 nitrogen and oxygen atoms in total. The standard InChI is InChI=1S/C23H27N5O3S/c1-5-28-20(13-21(29)25-18-8-6-7-9-19(18)31-4)26-27-23(28)32-14-22(30)24-17-11-10-15(2)12-16(17)3/h6-12H,5,13-14H2,1-4H3,(H,24,30)(H,25,29). The summed E-state index contributed by atoms with van der Waals surface area (Å²) in [6, 6.07) is 13.1. The molecule has 3 rings (SSSR count). The van der Waals surface area contributed by atoms with Gasteiger partial charge in [-0.05, 0) is 44.5 Å². The van der Waals surface area contributed by atoms with Gasteiger partial charge in [0.15, 0.2) is 5.16 Å². The van der Waals surface area contributed by atoms with E-state index in [1.54, 1.807) is 19.2 Å². The Morgan fingerprint density at radius 1 is 1.03 bits per heavy atom. The van der Waals surface area contributed by atoms with E-state index in [4.69, 9.17) is 4.74 Å². The summed E-state index contributed by atoms with van der Waals surface area (Å²) in [4.78, 5) is 24.9. The number of anilines is 2. The number of nitrogens with one attached hydrogen (secondary N) is 2. The monoisotopic (exact) mass is 453 g/mol. The smallest absolute Gasteiger partial charge is 0.234 e. The summed E-state index contributed by atoms with van der Waals surface area (Å²) in [5.41, 5.74) is 3.56. The molecule has 0 aliphatic carbocycles. The predicted molar refractivity (Wildman–Crippen MR) is 126 cm³/mol. The van der Waals surface area contributed by atoms with Crippen LogP contribution in [0.1, 0.15) is 23.9 Å². The molecule has 0 aliphatic heterocycles. The number of amides is 2. The van der Waals surface area contributed by atoms with Crippen LogP contribution in [0, 0.1) is 13.8 Å². The van der Waals surface area contributed by atoms with Gasteiger partial charge in [0.25, 0.3) is 0 Å². The molecule has 0 fully saturated rings. The Balaban J connectivity index is 1.60. The minimum Gasteiger partial charge on any atom is -0.495 e. The van der Waals surface area contributed by atoms with Gasteiger partial charge in [-0.1, -0.05) is 41.6 Å². The van der Waals surface area contributed by atoms with Crippen molar-refractivity contribution in [3.8, 4) is 5.75 Å². The van der Waals surface area contributed by atoms with E-state index >= 15 is 0 Å². The topological polar surface area (TPSA) is 98.1 Å². The van der Waals surface area contributed by atoms with Gasteiger partial charge in [0.2, 0.25) is 11.8 Å². The van der Waals surface area contributed by atoms with Gasteiger partial charge in [0.05, 0.1) is 25.0 Å². The highest BCUT2D eigenvalue weighted by molar-refractivity contribution is 7.99. The van der Waals surface area contributed by atoms with E-state index in [9.17, 15) is 9.59 Å². The number of thioether (sulfide) groups is 1. The van der Waals surface area contributed by atoms with Crippen molar-refractivity contribution in [1.82, 2.24) is 14.8 Å². The highest BCUT2D eigenvalue weighted by Gasteiger charge is 2.17. The van der Waals surface area contributed by atoms with Crippen LogP contribution >= 0.6 is 11.8 Å². The number of para-hydroxylation sites is 2. The maximum Gasteiger partial charge on any atom is 0.234 e. The van der Waals surface area contributed by atoms with Crippen LogP contribution in [-0.4, -0.2) is 39.4 Å². The van der Waals surface area contributed by atoms with Crippen LogP contribution in [0.3, 0.4) is 0 Å². The molecule has 2 amide bonds. The van der Waals surface area contributed by atoms with Gasteiger partial charge in [-0.2, -0.15) is 0 Å². The average Bonchev–Trinajstić information content (AvgIpc) is 3.15. The molecule has 32 heavy (non-hydrogen) atoms. The van der Waals surface area contributed by atoms with Crippen molar-refractivity contribution in [3.63, 3.8) is 0 Å². The first-order valence-electron chi connectivity index (χ1n) is 10.3. The van der Waals surface area contributed by atoms with Gasteiger partial charge in [-0.15, -0.1) is 10.2 Å². The third-order valence-electron chi connectivity index (χ3n) is 4.80. The van der Waals surface area contributed by atoms with Gasteiger partial charge in [0, 0.05) is 12.2 Å². The van der Waals surface area contributed by atoms with E-state index in [0.717, 1.165) is 16.8 Å². The Bertz CT molecular complexity index is 1110. The molecule has 9 heteroatoms. The Kier molecular flexibility index (Phi) is 7.88. The number of aromatic nitrogens is 3. The zero-order valence-electron chi connectivity index (χ0n) is 18.6. The lowest BCUT2D eigenvalue weighted by Crippen LogP contribution is -2.18. The highest BCUT2D eigenvalue weighted by Crippen LogP contribution is 2.24. The van der Waals surface area contributed by atoms with E-state index in [1.807, 2.05) is 55.7 Å². The molecule has 0 radical (unpaired) electrons. The molecule has 0 aliphatic rings. The lowest BCUT2D eigenvalue weighted by molar-refractivity contribution is -0.116. The molecule has 1 heterocycles. The zero-order chi connectivity index (χ0) is 23.1. The number of hydrogen-bond donors (Lipinski definition) is 2. The van der Waals surface area contributed by atoms with Crippen molar-refractivity contribution >= 4 is 35.0 Å². The van der Waals surface area contributed by atoms with Crippen LogP contribution in [0.25, 0.3) is 0 Å². The molecule has 0 saturated carbocycles. The number of ether oxygens (including phenoxy) is 1. The highest BCUT2D eigenvalue weighted by atomic mass is 32.2. The number of methoxy groups -OCH3 is 1. The maximum atomic E-state index is 12.5. The quantitative estimate of drug-likeness (QED) is 0.478. The van der Waals surface area contributed by atoms with Crippen LogP contribution in [0.2, 0.25) is 0 Å². The summed E-state index contributed by atoms with van der Waals surface area (Å²) in [5, 5.41) is 14.7. The van der Waals surface area contributed by atoms with Crippen molar-refractivity contribution < 1.29 is 14.3 Å². The number of rotatable bonds is 9. The molecule has 2 aromatic carbocycles. The molecule has 0 unspecified atom stereocenters. The van der Waals surface area contributed by atoms with E-state index < -0.39 is 0 Å². The van der Waals surface area contributed by atoms with Gasteiger partial charge < -0.3 is 19.9 Å². The molecule has 168 valence electrons. The Labute approximate surface area is 191 Å². The molecule has 0 bridgehead atoms. The van der Waals surface area contributed by atoms with Crippen molar-refractivity contribution in [2.45, 2.75) is 38.9 Å². The molecular weight excluding hydrogens is 426 g/mol. The van der Waals surface area contributed by atoms with Crippen LogP contribution in [-0.2, 0) is 22.6 Å². The third-order valence-corrected chi connectivity index (χ3v) is 5.76. The Morgan fingerprint density at radius 3 is 2.50 bits per heavy atom. The summed E-state index contributed by atoms with van der Waals surface area (Å²) in [5.74, 6) is 0.976. The second-order valence-corrected chi connectivity index (χ2v) is 8.17. The van der Waals surface area contributed by atoms with Gasteiger partial charge in [-0.3, -0.25) is 9.59 Å². The fourth-order valence-corrected chi connectivity index (χ4v) is 4.05. The van der Waals surface area contributed by atoms with Gasteiger partial charge in [-0.25, -0.2) is 0 Å². The minimum absolute atomic E-state index is 0.0637. The van der Waals surface area contributed by atoms with Crippen LogP contribution in [0.4, 0.5) is 11.4 Å². The number of nitrogens with zero attached hydrogens (tertiary/aromatic N) is 3. The van der Waals surface area contributed by atoms with Crippen LogP contribution in [0.15, 0.2) is 47.6 Å². The van der Waals surface area contributed by atoms with Crippen molar-refractivity contribution in [2.75, 3.05) is 23.5 Å². The second-order valence-electron chi connectivity index (χ2n) is 7.22. The summed E-state index contributed by atoms with van der Waals surface area (Å²) in [6.45, 7) is 6.52. The molecule has 3 aromatic rings. The van der Waals surface area contributed by atoms with Crippen LogP contribution in [0.5, 0.6) is 5.75 Å². The first-order valence-corrected chi connectivity index (χ1v) is 11.2. The number of hydrogen-bond acceptors (Lipinski definition) is 6. The molecule has 1 aromatic heterocycles. The summed E-state index contributed by atoms with van der Waals surface area (Å²) in [7, 11) is 1.55. The minimum atomic E-state index is -0.222. The number of carbonyl (C=O) groups is 2. The van der Waals surface area contributed by atoms with E-state index in [2.05, 4.69) is 20.8 Å². The first kappa shape index (κ1) is 23.3. The SMILES string of the molecule is CCn1c(CC(=O)Nc2ccccc2OC)nnc1SCC(=O)Nc1ccc(C)cc1C. The van der Waals surface area contributed by atoms with Crippen molar-refractivity contribution in [2.24, 2.45) is 0 Å². The van der Waals surface area contributed by atoms with Crippen molar-refractivity contribution in [1.29, 1.82) is 0 Å². The molecule has 0 atom stereocenters. The largest absolute Gasteiger partial charge is 0.495 e. The lowest BCUT2D eigenvalue weighted by Gasteiger charge is -2.11. The second kappa shape index (κ2) is 10.8. The van der Waals surface area contributed by atoms with Gasteiger partial charge in [0.1, 0.15) is 11.6 Å². The normalized spacial score (nSPS) is 10.6. The number of benzene rings is 2. The van der Waals surface area contributed by atoms with Crippen molar-refractivity contribution in [3.05, 3.63) is 59.4 Å².